The summed E-state index contributed by atoms with van der Waals surface area (Å²) in [5.41, 5.74) is 3.66. The molecule has 0 aliphatic heterocycles. The van der Waals surface area contributed by atoms with E-state index in [1.165, 1.54) is 0 Å². The number of hydrogen-bond donors (Lipinski definition) is 0. The lowest BCUT2D eigenvalue weighted by atomic mass is 10.1. The zero-order chi connectivity index (χ0) is 19.0. The van der Waals surface area contributed by atoms with E-state index in [1.54, 1.807) is 7.11 Å². The molecular formula is C21H25N3O3. The van der Waals surface area contributed by atoms with Crippen LogP contribution >= 0.6 is 0 Å². The molecule has 1 aliphatic carbocycles. The van der Waals surface area contributed by atoms with Gasteiger partial charge >= 0.3 is 5.97 Å². The summed E-state index contributed by atoms with van der Waals surface area (Å²) in [6.07, 6.45) is 7.12. The van der Waals surface area contributed by atoms with Crippen molar-refractivity contribution in [3.8, 4) is 11.4 Å². The van der Waals surface area contributed by atoms with Crippen LogP contribution in [0.3, 0.4) is 0 Å². The van der Waals surface area contributed by atoms with Gasteiger partial charge in [0, 0.05) is 29.7 Å². The van der Waals surface area contributed by atoms with E-state index in [-0.39, 0.29) is 5.97 Å². The van der Waals surface area contributed by atoms with E-state index >= 15 is 0 Å². The quantitative estimate of drug-likeness (QED) is 0.584. The van der Waals surface area contributed by atoms with Crippen molar-refractivity contribution < 1.29 is 14.3 Å². The highest BCUT2D eigenvalue weighted by Gasteiger charge is 2.35. The maximum atomic E-state index is 12.9. The molecule has 1 saturated carbocycles. The second kappa shape index (κ2) is 7.10. The lowest BCUT2D eigenvalue weighted by Gasteiger charge is -2.09. The van der Waals surface area contributed by atoms with E-state index in [9.17, 15) is 4.79 Å². The number of aromatic nitrogens is 3. The first-order chi connectivity index (χ1) is 13.2. The highest BCUT2D eigenvalue weighted by Crippen LogP contribution is 2.46. The van der Waals surface area contributed by atoms with Crippen LogP contribution in [0.1, 0.15) is 55.1 Å². The topological polar surface area (TPSA) is 58.3 Å². The highest BCUT2D eigenvalue weighted by atomic mass is 16.5. The molecule has 0 unspecified atom stereocenters. The zero-order valence-electron chi connectivity index (χ0n) is 16.1. The van der Waals surface area contributed by atoms with Gasteiger partial charge in [0.2, 0.25) is 0 Å². The molecule has 1 fully saturated rings. The van der Waals surface area contributed by atoms with Gasteiger partial charge < -0.3 is 14.0 Å². The molecular weight excluding hydrogens is 342 g/mol. The van der Waals surface area contributed by atoms with Gasteiger partial charge in [0.05, 0.1) is 36.7 Å². The van der Waals surface area contributed by atoms with Gasteiger partial charge in [-0.3, -0.25) is 4.68 Å². The Labute approximate surface area is 158 Å². The smallest absolute Gasteiger partial charge is 0.340 e. The van der Waals surface area contributed by atoms with E-state index in [0.29, 0.717) is 18.1 Å². The number of rotatable bonds is 7. The lowest BCUT2D eigenvalue weighted by Crippen LogP contribution is -2.08. The number of esters is 1. The minimum Gasteiger partial charge on any atom is -0.497 e. The highest BCUT2D eigenvalue weighted by molar-refractivity contribution is 6.07. The molecule has 6 nitrogen and oxygen atoms in total. The first-order valence-corrected chi connectivity index (χ1v) is 9.60. The van der Waals surface area contributed by atoms with E-state index < -0.39 is 0 Å². The van der Waals surface area contributed by atoms with Crippen molar-refractivity contribution in [2.75, 3.05) is 13.7 Å². The summed E-state index contributed by atoms with van der Waals surface area (Å²) in [5, 5.41) is 5.36. The first kappa shape index (κ1) is 17.6. The number of carbonyl (C=O) groups excluding carboxylic acids is 1. The third kappa shape index (κ3) is 3.09. The predicted octanol–water partition coefficient (Wildman–Crippen LogP) is 4.30. The van der Waals surface area contributed by atoms with Gasteiger partial charge in [-0.05, 0) is 44.4 Å². The van der Waals surface area contributed by atoms with Crippen LogP contribution in [-0.4, -0.2) is 34.0 Å². The minimum atomic E-state index is -0.266. The third-order valence-corrected chi connectivity index (χ3v) is 4.99. The monoisotopic (exact) mass is 367 g/mol. The Morgan fingerprint density at radius 3 is 2.78 bits per heavy atom. The maximum Gasteiger partial charge on any atom is 0.340 e. The molecule has 3 aromatic rings. The number of carbonyl (C=O) groups is 1. The Morgan fingerprint density at radius 2 is 2.11 bits per heavy atom. The number of aryl methyl sites for hydroxylation is 1. The van der Waals surface area contributed by atoms with Gasteiger partial charge in [0.1, 0.15) is 5.75 Å². The van der Waals surface area contributed by atoms with Crippen LogP contribution in [0.4, 0.5) is 0 Å². The van der Waals surface area contributed by atoms with Gasteiger partial charge in [-0.25, -0.2) is 4.79 Å². The summed E-state index contributed by atoms with van der Waals surface area (Å²) in [6, 6.07) is 5.88. The summed E-state index contributed by atoms with van der Waals surface area (Å²) in [5.74, 6) is 0.837. The zero-order valence-corrected chi connectivity index (χ0v) is 16.1. The number of fused-ring (bicyclic) bond motifs is 1. The van der Waals surface area contributed by atoms with Crippen LogP contribution in [0.5, 0.6) is 5.75 Å². The molecule has 4 rings (SSSR count). The van der Waals surface area contributed by atoms with Crippen LogP contribution in [0.25, 0.3) is 16.6 Å². The molecule has 142 valence electrons. The molecule has 0 spiro atoms. The summed E-state index contributed by atoms with van der Waals surface area (Å²) in [6.45, 7) is 5.20. The van der Waals surface area contributed by atoms with E-state index in [4.69, 9.17) is 9.47 Å². The van der Waals surface area contributed by atoms with Crippen molar-refractivity contribution in [3.63, 3.8) is 0 Å². The van der Waals surface area contributed by atoms with E-state index in [0.717, 1.165) is 53.8 Å². The fraction of sp³-hybridized carbons (Fsp3) is 0.429. The maximum absolute atomic E-state index is 12.9. The molecule has 1 aromatic carbocycles. The lowest BCUT2D eigenvalue weighted by molar-refractivity contribution is 0.0527. The summed E-state index contributed by atoms with van der Waals surface area (Å²) >= 11 is 0. The van der Waals surface area contributed by atoms with E-state index in [2.05, 4.69) is 16.6 Å². The van der Waals surface area contributed by atoms with Gasteiger partial charge in [-0.1, -0.05) is 6.92 Å². The molecule has 2 aromatic heterocycles. The third-order valence-electron chi connectivity index (χ3n) is 4.99. The molecule has 0 amide bonds. The fourth-order valence-electron chi connectivity index (χ4n) is 3.68. The van der Waals surface area contributed by atoms with Crippen LogP contribution in [0.2, 0.25) is 0 Å². The minimum absolute atomic E-state index is 0.266. The van der Waals surface area contributed by atoms with Gasteiger partial charge in [0.15, 0.2) is 0 Å². The van der Waals surface area contributed by atoms with Gasteiger partial charge in [-0.15, -0.1) is 0 Å². The second-order valence-electron chi connectivity index (χ2n) is 6.94. The molecule has 0 atom stereocenters. The molecule has 2 heterocycles. The normalized spacial score (nSPS) is 13.9. The van der Waals surface area contributed by atoms with Crippen molar-refractivity contribution in [3.05, 3.63) is 41.9 Å². The Morgan fingerprint density at radius 1 is 1.30 bits per heavy atom. The number of benzene rings is 1. The fourth-order valence-corrected chi connectivity index (χ4v) is 3.68. The largest absolute Gasteiger partial charge is 0.497 e. The summed E-state index contributed by atoms with van der Waals surface area (Å²) in [7, 11) is 1.64. The van der Waals surface area contributed by atoms with Crippen LogP contribution in [-0.2, 0) is 11.3 Å². The van der Waals surface area contributed by atoms with Crippen LogP contribution < -0.4 is 4.74 Å². The standard InChI is InChI=1S/C21H25N3O3/c1-4-10-23-13-15(12-22-23)24-18-9-8-16(26-3)11-17(18)19(21(25)27-5-2)20(24)14-6-7-14/h8-9,11-14H,4-7,10H2,1-3H3. The van der Waals surface area contributed by atoms with Crippen LogP contribution in [0.15, 0.2) is 30.6 Å². The number of ether oxygens (including phenoxy) is 2. The summed E-state index contributed by atoms with van der Waals surface area (Å²) < 4.78 is 14.9. The van der Waals surface area contributed by atoms with Crippen molar-refractivity contribution in [2.45, 2.75) is 45.6 Å². The molecule has 0 radical (unpaired) electrons. The van der Waals surface area contributed by atoms with Crippen molar-refractivity contribution in [1.29, 1.82) is 0 Å². The molecule has 0 saturated heterocycles. The summed E-state index contributed by atoms with van der Waals surface area (Å²) in [4.78, 5) is 12.9. The predicted molar refractivity (Wildman–Crippen MR) is 104 cm³/mol. The Kier molecular flexibility index (Phi) is 4.64. The average Bonchev–Trinajstić information content (AvgIpc) is 3.31. The number of nitrogens with zero attached hydrogens (tertiary/aromatic N) is 3. The number of hydrogen-bond acceptors (Lipinski definition) is 4. The van der Waals surface area contributed by atoms with Gasteiger partial charge in [-0.2, -0.15) is 5.10 Å². The SMILES string of the molecule is CCCn1cc(-n2c(C3CC3)c(C(=O)OCC)c3cc(OC)ccc32)cn1. The van der Waals surface area contributed by atoms with Gasteiger partial charge in [0.25, 0.3) is 0 Å². The van der Waals surface area contributed by atoms with Crippen molar-refractivity contribution in [2.24, 2.45) is 0 Å². The molecule has 6 heteroatoms. The molecule has 0 bridgehead atoms. The Balaban J connectivity index is 1.98. The van der Waals surface area contributed by atoms with Crippen LogP contribution in [0, 0.1) is 0 Å². The van der Waals surface area contributed by atoms with E-state index in [1.807, 2.05) is 42.2 Å². The Hall–Kier alpha value is -2.76. The molecule has 1 aliphatic rings. The first-order valence-electron chi connectivity index (χ1n) is 9.60. The average molecular weight is 367 g/mol. The van der Waals surface area contributed by atoms with Crippen molar-refractivity contribution >= 4 is 16.9 Å². The van der Waals surface area contributed by atoms with Crippen molar-refractivity contribution in [1.82, 2.24) is 14.3 Å². The Bertz CT molecular complexity index is 982. The number of methoxy groups -OCH3 is 1. The molecule has 27 heavy (non-hydrogen) atoms. The second-order valence-corrected chi connectivity index (χ2v) is 6.94. The molecule has 0 N–H and O–H groups in total.